The Morgan fingerprint density at radius 1 is 1.04 bits per heavy atom. The van der Waals surface area contributed by atoms with Gasteiger partial charge in [0.15, 0.2) is 5.82 Å². The van der Waals surface area contributed by atoms with E-state index in [1.807, 2.05) is 0 Å². The van der Waals surface area contributed by atoms with Gasteiger partial charge in [0.25, 0.3) is 11.5 Å². The molecule has 4 rings (SSSR count). The standard InChI is InChI=1S/C21H17N3O4/c25-15-9-7-14(8-10-15)12-24(13-16-4-3-11-28-16)21(27)19-22-18-6-2-1-5-17(18)20(26)23-19/h1-11,25H,12-13H2,(H,22,23,26). The Bertz CT molecular complexity index is 1160. The number of phenolic OH excluding ortho intramolecular Hbond substituents is 1. The van der Waals surface area contributed by atoms with E-state index < -0.39 is 5.91 Å². The fourth-order valence-electron chi connectivity index (χ4n) is 2.95. The molecule has 0 spiro atoms. The minimum Gasteiger partial charge on any atom is -0.508 e. The Labute approximate surface area is 159 Å². The second kappa shape index (κ2) is 7.40. The number of carbonyl (C=O) groups excluding carboxylic acids is 1. The first-order chi connectivity index (χ1) is 13.6. The van der Waals surface area contributed by atoms with Crippen molar-refractivity contribution in [3.8, 4) is 5.75 Å². The molecule has 7 heteroatoms. The molecule has 28 heavy (non-hydrogen) atoms. The predicted molar refractivity (Wildman–Crippen MR) is 103 cm³/mol. The van der Waals surface area contributed by atoms with Crippen LogP contribution in [0.2, 0.25) is 0 Å². The van der Waals surface area contributed by atoms with Gasteiger partial charge in [-0.3, -0.25) is 9.59 Å². The predicted octanol–water partition coefficient (Wildman–Crippen LogP) is 3.06. The van der Waals surface area contributed by atoms with Crippen LogP contribution in [0.1, 0.15) is 21.9 Å². The first kappa shape index (κ1) is 17.5. The number of hydrogen-bond acceptors (Lipinski definition) is 5. The highest BCUT2D eigenvalue weighted by Crippen LogP contribution is 2.16. The number of hydrogen-bond donors (Lipinski definition) is 2. The van der Waals surface area contributed by atoms with Crippen LogP contribution in [0.4, 0.5) is 0 Å². The highest BCUT2D eigenvalue weighted by molar-refractivity contribution is 5.92. The number of aromatic nitrogens is 2. The Morgan fingerprint density at radius 2 is 1.82 bits per heavy atom. The van der Waals surface area contributed by atoms with Gasteiger partial charge in [-0.1, -0.05) is 24.3 Å². The van der Waals surface area contributed by atoms with Gasteiger partial charge in [0.1, 0.15) is 11.5 Å². The lowest BCUT2D eigenvalue weighted by molar-refractivity contribution is 0.0705. The Hall–Kier alpha value is -3.87. The van der Waals surface area contributed by atoms with Gasteiger partial charge in [-0.2, -0.15) is 0 Å². The Morgan fingerprint density at radius 3 is 2.57 bits per heavy atom. The number of nitrogens with zero attached hydrogens (tertiary/aromatic N) is 2. The summed E-state index contributed by atoms with van der Waals surface area (Å²) in [6, 6.07) is 17.0. The smallest absolute Gasteiger partial charge is 0.290 e. The molecule has 2 heterocycles. The highest BCUT2D eigenvalue weighted by Gasteiger charge is 2.21. The number of phenols is 1. The molecule has 0 radical (unpaired) electrons. The first-order valence-corrected chi connectivity index (χ1v) is 8.69. The molecule has 0 aliphatic heterocycles. The van der Waals surface area contributed by atoms with E-state index in [9.17, 15) is 14.7 Å². The molecule has 0 fully saturated rings. The third-order valence-electron chi connectivity index (χ3n) is 4.34. The molecular formula is C21H17N3O4. The summed E-state index contributed by atoms with van der Waals surface area (Å²) in [6.45, 7) is 0.472. The molecule has 0 unspecified atom stereocenters. The van der Waals surface area contributed by atoms with E-state index in [0.717, 1.165) is 5.56 Å². The number of para-hydroxylation sites is 1. The molecule has 7 nitrogen and oxygen atoms in total. The minimum atomic E-state index is -0.424. The van der Waals surface area contributed by atoms with Crippen molar-refractivity contribution in [2.45, 2.75) is 13.1 Å². The van der Waals surface area contributed by atoms with Gasteiger partial charge in [0.05, 0.1) is 23.7 Å². The van der Waals surface area contributed by atoms with E-state index in [1.165, 1.54) is 11.2 Å². The van der Waals surface area contributed by atoms with Crippen LogP contribution in [0.15, 0.2) is 76.1 Å². The van der Waals surface area contributed by atoms with Crippen LogP contribution in [0.3, 0.4) is 0 Å². The zero-order valence-corrected chi connectivity index (χ0v) is 14.8. The lowest BCUT2D eigenvalue weighted by Crippen LogP contribution is -2.32. The molecule has 2 N–H and O–H groups in total. The van der Waals surface area contributed by atoms with Crippen molar-refractivity contribution in [2.75, 3.05) is 0 Å². The Balaban J connectivity index is 1.69. The van der Waals surface area contributed by atoms with Gasteiger partial charge >= 0.3 is 0 Å². The zero-order valence-electron chi connectivity index (χ0n) is 14.8. The van der Waals surface area contributed by atoms with Crippen molar-refractivity contribution >= 4 is 16.8 Å². The van der Waals surface area contributed by atoms with E-state index in [0.29, 0.717) is 16.7 Å². The fourth-order valence-corrected chi connectivity index (χ4v) is 2.95. The van der Waals surface area contributed by atoms with E-state index >= 15 is 0 Å². The fraction of sp³-hybridized carbons (Fsp3) is 0.0952. The Kier molecular flexibility index (Phi) is 4.63. The third-order valence-corrected chi connectivity index (χ3v) is 4.34. The summed E-state index contributed by atoms with van der Waals surface area (Å²) in [6.07, 6.45) is 1.54. The van der Waals surface area contributed by atoms with Gasteiger partial charge in [0, 0.05) is 6.54 Å². The number of H-pyrrole nitrogens is 1. The van der Waals surface area contributed by atoms with Gasteiger partial charge in [-0.15, -0.1) is 0 Å². The number of aromatic hydroxyl groups is 1. The third kappa shape index (κ3) is 3.64. The van der Waals surface area contributed by atoms with Crippen molar-refractivity contribution in [3.63, 3.8) is 0 Å². The monoisotopic (exact) mass is 375 g/mol. The maximum atomic E-state index is 13.1. The number of aromatic amines is 1. The normalized spacial score (nSPS) is 10.9. The van der Waals surface area contributed by atoms with E-state index in [-0.39, 0.29) is 30.2 Å². The summed E-state index contributed by atoms with van der Waals surface area (Å²) in [7, 11) is 0. The van der Waals surface area contributed by atoms with Crippen LogP contribution in [0.5, 0.6) is 5.75 Å². The first-order valence-electron chi connectivity index (χ1n) is 8.69. The number of furan rings is 1. The number of nitrogens with one attached hydrogen (secondary N) is 1. The molecule has 2 aromatic carbocycles. The number of carbonyl (C=O) groups is 1. The summed E-state index contributed by atoms with van der Waals surface area (Å²) < 4.78 is 5.37. The van der Waals surface area contributed by atoms with Gasteiger partial charge in [-0.05, 0) is 42.0 Å². The average molecular weight is 375 g/mol. The molecule has 4 aromatic rings. The van der Waals surface area contributed by atoms with Crippen molar-refractivity contribution in [1.29, 1.82) is 0 Å². The second-order valence-corrected chi connectivity index (χ2v) is 6.34. The van der Waals surface area contributed by atoms with Crippen LogP contribution < -0.4 is 5.56 Å². The summed E-state index contributed by atoms with van der Waals surface area (Å²) in [5, 5.41) is 9.90. The summed E-state index contributed by atoms with van der Waals surface area (Å²) in [5.41, 5.74) is 0.912. The van der Waals surface area contributed by atoms with Gasteiger partial charge in [0.2, 0.25) is 0 Å². The summed E-state index contributed by atoms with van der Waals surface area (Å²) in [4.78, 5) is 33.9. The summed E-state index contributed by atoms with van der Waals surface area (Å²) in [5.74, 6) is 0.296. The molecule has 0 saturated carbocycles. The number of benzene rings is 2. The van der Waals surface area contributed by atoms with Crippen LogP contribution in [0.25, 0.3) is 10.9 Å². The SMILES string of the molecule is O=C(c1nc2ccccc2c(=O)[nH]1)N(Cc1ccc(O)cc1)Cc1ccco1. The van der Waals surface area contributed by atoms with Crippen molar-refractivity contribution in [3.05, 3.63) is 94.4 Å². The van der Waals surface area contributed by atoms with Crippen LogP contribution in [-0.4, -0.2) is 25.9 Å². The molecule has 0 aliphatic rings. The van der Waals surface area contributed by atoms with Crippen LogP contribution >= 0.6 is 0 Å². The maximum Gasteiger partial charge on any atom is 0.290 e. The molecular weight excluding hydrogens is 358 g/mol. The highest BCUT2D eigenvalue weighted by atomic mass is 16.3. The quantitative estimate of drug-likeness (QED) is 0.558. The van der Waals surface area contributed by atoms with Gasteiger partial charge in [-0.25, -0.2) is 4.98 Å². The summed E-state index contributed by atoms with van der Waals surface area (Å²) >= 11 is 0. The van der Waals surface area contributed by atoms with E-state index in [2.05, 4.69) is 9.97 Å². The largest absolute Gasteiger partial charge is 0.508 e. The maximum absolute atomic E-state index is 13.1. The second-order valence-electron chi connectivity index (χ2n) is 6.34. The van der Waals surface area contributed by atoms with Gasteiger partial charge < -0.3 is 19.4 Å². The molecule has 140 valence electrons. The van der Waals surface area contributed by atoms with E-state index in [4.69, 9.17) is 4.42 Å². The lowest BCUT2D eigenvalue weighted by atomic mass is 10.2. The number of rotatable bonds is 5. The molecule has 0 aliphatic carbocycles. The number of fused-ring (bicyclic) bond motifs is 1. The molecule has 2 aromatic heterocycles. The minimum absolute atomic E-state index is 0.0333. The molecule has 0 atom stereocenters. The molecule has 0 saturated heterocycles. The molecule has 1 amide bonds. The lowest BCUT2D eigenvalue weighted by Gasteiger charge is -2.21. The van der Waals surface area contributed by atoms with Crippen molar-refractivity contribution in [1.82, 2.24) is 14.9 Å². The van der Waals surface area contributed by atoms with Crippen molar-refractivity contribution in [2.24, 2.45) is 0 Å². The van der Waals surface area contributed by atoms with E-state index in [1.54, 1.807) is 60.7 Å². The molecule has 0 bridgehead atoms. The van der Waals surface area contributed by atoms with Crippen LogP contribution in [0, 0.1) is 0 Å². The topological polar surface area (TPSA) is 99.4 Å². The average Bonchev–Trinajstić information content (AvgIpc) is 3.22. The number of amides is 1. The van der Waals surface area contributed by atoms with Crippen LogP contribution in [-0.2, 0) is 13.1 Å². The zero-order chi connectivity index (χ0) is 19.5. The van der Waals surface area contributed by atoms with Crippen molar-refractivity contribution < 1.29 is 14.3 Å².